The number of imidazole rings is 1. The minimum atomic E-state index is -2.60. The van der Waals surface area contributed by atoms with Crippen molar-refractivity contribution in [3.63, 3.8) is 0 Å². The average Bonchev–Trinajstić information content (AvgIpc) is 3.27. The van der Waals surface area contributed by atoms with Crippen LogP contribution < -0.4 is 10.6 Å². The first-order valence-electron chi connectivity index (χ1n) is 9.43. The van der Waals surface area contributed by atoms with Crippen LogP contribution in [0.1, 0.15) is 48.2 Å². The Morgan fingerprint density at radius 2 is 1.93 bits per heavy atom. The molecular weight excluding hydrogens is 402 g/mol. The van der Waals surface area contributed by atoms with Crippen LogP contribution in [0.2, 0.25) is 5.15 Å². The molecule has 1 amide bonds. The van der Waals surface area contributed by atoms with Crippen LogP contribution in [0.25, 0.3) is 5.65 Å². The highest BCUT2D eigenvalue weighted by molar-refractivity contribution is 6.32. The largest absolute Gasteiger partial charge is 0.368 e. The van der Waals surface area contributed by atoms with Crippen LogP contribution in [0.3, 0.4) is 0 Å². The fourth-order valence-electron chi connectivity index (χ4n) is 3.72. The molecule has 4 rings (SSSR count). The van der Waals surface area contributed by atoms with E-state index in [1.165, 1.54) is 10.9 Å². The van der Waals surface area contributed by atoms with Crippen LogP contribution in [0.4, 0.5) is 14.6 Å². The Morgan fingerprint density at radius 3 is 2.59 bits per heavy atom. The summed E-state index contributed by atoms with van der Waals surface area (Å²) in [5, 5.41) is 10.6. The van der Waals surface area contributed by atoms with Crippen LogP contribution >= 0.6 is 11.6 Å². The van der Waals surface area contributed by atoms with Crippen LogP contribution in [0, 0.1) is 0 Å². The van der Waals surface area contributed by atoms with Gasteiger partial charge in [-0.1, -0.05) is 17.7 Å². The first-order chi connectivity index (χ1) is 13.9. The van der Waals surface area contributed by atoms with Crippen molar-refractivity contribution in [3.05, 3.63) is 47.0 Å². The number of hydrogen-bond donors (Lipinski definition) is 2. The third-order valence-corrected chi connectivity index (χ3v) is 5.46. The quantitative estimate of drug-likeness (QED) is 0.655. The zero-order valence-electron chi connectivity index (χ0n) is 15.8. The van der Waals surface area contributed by atoms with E-state index in [1.54, 1.807) is 29.8 Å². The molecule has 3 heterocycles. The second kappa shape index (κ2) is 7.98. The van der Waals surface area contributed by atoms with E-state index in [1.807, 2.05) is 6.07 Å². The van der Waals surface area contributed by atoms with E-state index >= 15 is 0 Å². The lowest BCUT2D eigenvalue weighted by atomic mass is 9.91. The summed E-state index contributed by atoms with van der Waals surface area (Å²) < 4.78 is 29.1. The van der Waals surface area contributed by atoms with Gasteiger partial charge in [0, 0.05) is 31.5 Å². The highest BCUT2D eigenvalue weighted by atomic mass is 35.5. The first-order valence-corrected chi connectivity index (χ1v) is 9.81. The van der Waals surface area contributed by atoms with Gasteiger partial charge in [-0.15, -0.1) is 0 Å². The highest BCUT2D eigenvalue weighted by Crippen LogP contribution is 2.25. The predicted molar refractivity (Wildman–Crippen MR) is 105 cm³/mol. The summed E-state index contributed by atoms with van der Waals surface area (Å²) in [5.74, 6) is 0.513. The van der Waals surface area contributed by atoms with Crippen LogP contribution in [-0.4, -0.2) is 37.2 Å². The van der Waals surface area contributed by atoms with Crippen molar-refractivity contribution in [2.45, 2.75) is 44.2 Å². The van der Waals surface area contributed by atoms with Crippen molar-refractivity contribution in [1.29, 1.82) is 0 Å². The normalized spacial score (nSPS) is 19.6. The lowest BCUT2D eigenvalue weighted by Crippen LogP contribution is -2.40. The van der Waals surface area contributed by atoms with E-state index in [2.05, 4.69) is 20.7 Å². The van der Waals surface area contributed by atoms with Crippen LogP contribution in [0.15, 0.2) is 30.6 Å². The average molecular weight is 423 g/mol. The molecule has 2 N–H and O–H groups in total. The molecular formula is C19H21ClF2N6O. The van der Waals surface area contributed by atoms with Crippen molar-refractivity contribution in [2.75, 3.05) is 5.32 Å². The Morgan fingerprint density at radius 1 is 1.21 bits per heavy atom. The third kappa shape index (κ3) is 4.19. The molecule has 0 spiro atoms. The molecule has 1 saturated carbocycles. The second-order valence-corrected chi connectivity index (χ2v) is 7.64. The maximum atomic E-state index is 12.9. The topological polar surface area (TPSA) is 76.2 Å². The standard InChI is InChI=1S/C19H21ClF2N6O/c1-27-9-13(17(20)26-27)19(29)24-12-7-5-11(6-8-12)23-15-3-2-4-16-25-14(18(21)22)10-28(15)16/h2-4,9-12,18,23H,5-8H2,1H3,(H,24,29)/t11-,12+. The number of aromatic nitrogens is 4. The number of hydrogen-bond acceptors (Lipinski definition) is 4. The lowest BCUT2D eigenvalue weighted by molar-refractivity contribution is 0.0926. The monoisotopic (exact) mass is 422 g/mol. The van der Waals surface area contributed by atoms with Gasteiger partial charge in [-0.2, -0.15) is 5.10 Å². The molecule has 0 radical (unpaired) electrons. The van der Waals surface area contributed by atoms with Crippen LogP contribution in [0.5, 0.6) is 0 Å². The lowest BCUT2D eigenvalue weighted by Gasteiger charge is -2.30. The molecule has 0 atom stereocenters. The molecule has 10 heteroatoms. The molecule has 3 aromatic heterocycles. The van der Waals surface area contributed by atoms with Gasteiger partial charge in [-0.25, -0.2) is 13.8 Å². The van der Waals surface area contributed by atoms with Gasteiger partial charge in [0.2, 0.25) is 0 Å². The first kappa shape index (κ1) is 19.6. The summed E-state index contributed by atoms with van der Waals surface area (Å²) in [7, 11) is 1.71. The van der Waals surface area contributed by atoms with Gasteiger partial charge in [0.1, 0.15) is 17.2 Å². The summed E-state index contributed by atoms with van der Waals surface area (Å²) in [4.78, 5) is 16.3. The van der Waals surface area contributed by atoms with Crippen LogP contribution in [-0.2, 0) is 7.05 Å². The van der Waals surface area contributed by atoms with Gasteiger partial charge in [0.25, 0.3) is 12.3 Å². The fourth-order valence-corrected chi connectivity index (χ4v) is 3.97. The Bertz CT molecular complexity index is 1030. The third-order valence-electron chi connectivity index (χ3n) is 5.18. The van der Waals surface area contributed by atoms with Crippen molar-refractivity contribution < 1.29 is 13.6 Å². The molecule has 1 aliphatic carbocycles. The Kier molecular flexibility index (Phi) is 5.40. The van der Waals surface area contributed by atoms with Crippen molar-refractivity contribution in [3.8, 4) is 0 Å². The maximum Gasteiger partial charge on any atom is 0.281 e. The molecule has 0 saturated heterocycles. The van der Waals surface area contributed by atoms with Crippen molar-refractivity contribution in [1.82, 2.24) is 24.5 Å². The van der Waals surface area contributed by atoms with E-state index in [0.29, 0.717) is 11.2 Å². The molecule has 0 aliphatic heterocycles. The number of carbonyl (C=O) groups is 1. The smallest absolute Gasteiger partial charge is 0.281 e. The molecule has 29 heavy (non-hydrogen) atoms. The number of carbonyl (C=O) groups excluding carboxylic acids is 1. The molecule has 0 aromatic carbocycles. The SMILES string of the molecule is Cn1cc(C(=O)N[C@H]2CC[C@@H](Nc3cccc4nc(C(F)F)cn34)CC2)c(Cl)n1. The minimum Gasteiger partial charge on any atom is -0.368 e. The van der Waals surface area contributed by atoms with E-state index in [-0.39, 0.29) is 28.8 Å². The van der Waals surface area contributed by atoms with Gasteiger partial charge in [0.15, 0.2) is 5.15 Å². The number of nitrogens with zero attached hydrogens (tertiary/aromatic N) is 4. The molecule has 0 unspecified atom stereocenters. The molecule has 154 valence electrons. The number of halogens is 3. The van der Waals surface area contributed by atoms with E-state index in [4.69, 9.17) is 11.6 Å². The zero-order chi connectivity index (χ0) is 20.5. The van der Waals surface area contributed by atoms with Gasteiger partial charge < -0.3 is 10.6 Å². The molecule has 3 aromatic rings. The Labute approximate surface area is 171 Å². The van der Waals surface area contributed by atoms with E-state index in [0.717, 1.165) is 31.5 Å². The Balaban J connectivity index is 1.36. The molecule has 7 nitrogen and oxygen atoms in total. The van der Waals surface area contributed by atoms with Gasteiger partial charge in [0.05, 0.1) is 5.56 Å². The Hall–Kier alpha value is -2.68. The van der Waals surface area contributed by atoms with Gasteiger partial charge >= 0.3 is 0 Å². The number of pyridine rings is 1. The summed E-state index contributed by atoms with van der Waals surface area (Å²) in [5.41, 5.74) is 0.621. The molecule has 0 bridgehead atoms. The summed E-state index contributed by atoms with van der Waals surface area (Å²) in [6, 6.07) is 5.60. The number of fused-ring (bicyclic) bond motifs is 1. The fraction of sp³-hybridized carbons (Fsp3) is 0.421. The maximum absolute atomic E-state index is 12.9. The van der Waals surface area contributed by atoms with Gasteiger partial charge in [-0.05, 0) is 37.8 Å². The molecule has 1 fully saturated rings. The van der Waals surface area contributed by atoms with E-state index in [9.17, 15) is 13.6 Å². The van der Waals surface area contributed by atoms with Crippen molar-refractivity contribution >= 4 is 29.0 Å². The summed E-state index contributed by atoms with van der Waals surface area (Å²) in [6.45, 7) is 0. The van der Waals surface area contributed by atoms with Gasteiger partial charge in [-0.3, -0.25) is 13.9 Å². The number of alkyl halides is 2. The summed E-state index contributed by atoms with van der Waals surface area (Å²) in [6.07, 6.45) is 3.68. The minimum absolute atomic E-state index is 0.0614. The molecule has 1 aliphatic rings. The number of amides is 1. The van der Waals surface area contributed by atoms with E-state index < -0.39 is 6.43 Å². The predicted octanol–water partition coefficient (Wildman–Crippen LogP) is 3.81. The zero-order valence-corrected chi connectivity index (χ0v) is 16.5. The van der Waals surface area contributed by atoms with Crippen molar-refractivity contribution in [2.24, 2.45) is 7.05 Å². The number of rotatable bonds is 5. The number of aryl methyl sites for hydroxylation is 1. The highest BCUT2D eigenvalue weighted by Gasteiger charge is 2.25. The second-order valence-electron chi connectivity index (χ2n) is 7.28. The number of anilines is 1. The number of nitrogens with one attached hydrogen (secondary N) is 2. The summed E-state index contributed by atoms with van der Waals surface area (Å²) >= 11 is 5.98.